The van der Waals surface area contributed by atoms with Gasteiger partial charge in [-0.2, -0.15) is 0 Å². The molecule has 0 unspecified atom stereocenters. The van der Waals surface area contributed by atoms with Crippen molar-refractivity contribution >= 4 is 55.1 Å². The zero-order chi connectivity index (χ0) is 25.3. The van der Waals surface area contributed by atoms with Crippen molar-refractivity contribution in [1.82, 2.24) is 0 Å². The smallest absolute Gasteiger partial charge is 0.0715 e. The van der Waals surface area contributed by atoms with Crippen molar-refractivity contribution < 1.29 is 0 Å². The Balaban J connectivity index is 1.62. The number of fused-ring (bicyclic) bond motifs is 3. The third kappa shape index (κ3) is 3.75. The summed E-state index contributed by atoms with van der Waals surface area (Å²) < 4.78 is 0. The molecule has 180 valence electrons. The van der Waals surface area contributed by atoms with Crippen LogP contribution in [-0.2, 0) is 0 Å². The summed E-state index contributed by atoms with van der Waals surface area (Å²) >= 11 is 0. The van der Waals surface area contributed by atoms with Gasteiger partial charge in [-0.3, -0.25) is 0 Å². The van der Waals surface area contributed by atoms with E-state index in [1.54, 1.807) is 0 Å². The molecule has 0 aliphatic heterocycles. The van der Waals surface area contributed by atoms with Crippen molar-refractivity contribution in [3.63, 3.8) is 0 Å². The van der Waals surface area contributed by atoms with Gasteiger partial charge in [0.25, 0.3) is 0 Å². The third-order valence-electron chi connectivity index (χ3n) is 7.19. The molecule has 2 heteroatoms. The lowest BCUT2D eigenvalue weighted by Crippen LogP contribution is -2.36. The quantitative estimate of drug-likeness (QED) is 0.223. The maximum Gasteiger partial charge on any atom is 0.0715 e. The highest BCUT2D eigenvalue weighted by Crippen LogP contribution is 2.43. The van der Waals surface area contributed by atoms with Gasteiger partial charge in [-0.05, 0) is 46.5 Å². The van der Waals surface area contributed by atoms with E-state index in [0.29, 0.717) is 0 Å². The zero-order valence-electron chi connectivity index (χ0n) is 20.9. The molecule has 7 aromatic carbocycles. The number of nitrogens with zero attached hydrogens (tertiary/aromatic N) is 2. The van der Waals surface area contributed by atoms with Gasteiger partial charge >= 0.3 is 0 Å². The van der Waals surface area contributed by atoms with Gasteiger partial charge in [0, 0.05) is 16.2 Å². The van der Waals surface area contributed by atoms with Crippen molar-refractivity contribution in [2.45, 2.75) is 0 Å². The minimum Gasteiger partial charge on any atom is -0.248 e. The molecule has 38 heavy (non-hydrogen) atoms. The molecular formula is C36H26N2. The highest BCUT2D eigenvalue weighted by Gasteiger charge is 2.25. The van der Waals surface area contributed by atoms with E-state index < -0.39 is 0 Å². The van der Waals surface area contributed by atoms with E-state index in [1.807, 2.05) is 0 Å². The van der Waals surface area contributed by atoms with Gasteiger partial charge in [-0.15, -0.1) is 0 Å². The summed E-state index contributed by atoms with van der Waals surface area (Å²) in [5.41, 5.74) is 4.45. The van der Waals surface area contributed by atoms with E-state index in [0.717, 1.165) is 22.7 Å². The molecule has 0 bridgehead atoms. The molecule has 0 spiro atoms. The predicted octanol–water partition coefficient (Wildman–Crippen LogP) is 10.0. The van der Waals surface area contributed by atoms with Crippen LogP contribution in [0.5, 0.6) is 0 Å². The average molecular weight is 487 g/mol. The van der Waals surface area contributed by atoms with Gasteiger partial charge < -0.3 is 0 Å². The minimum atomic E-state index is 1.09. The number of benzene rings is 7. The van der Waals surface area contributed by atoms with Gasteiger partial charge in [0.05, 0.1) is 22.7 Å². The first-order chi connectivity index (χ1) is 18.9. The Kier molecular flexibility index (Phi) is 5.49. The lowest BCUT2D eigenvalue weighted by atomic mass is 10.0. The Labute approximate surface area is 222 Å². The maximum absolute atomic E-state index is 2.39. The Hall–Kier alpha value is -5.08. The van der Waals surface area contributed by atoms with Gasteiger partial charge in [0.15, 0.2) is 0 Å². The van der Waals surface area contributed by atoms with Gasteiger partial charge in [0.2, 0.25) is 0 Å². The normalized spacial score (nSPS) is 11.2. The first kappa shape index (κ1) is 22.1. The van der Waals surface area contributed by atoms with Crippen molar-refractivity contribution in [3.05, 3.63) is 158 Å². The molecule has 0 fully saturated rings. The molecule has 0 radical (unpaired) electrons. The average Bonchev–Trinajstić information content (AvgIpc) is 3.00. The summed E-state index contributed by atoms with van der Waals surface area (Å²) in [6.07, 6.45) is 0. The molecule has 0 aliphatic rings. The number of rotatable bonds is 5. The van der Waals surface area contributed by atoms with Crippen LogP contribution in [0.3, 0.4) is 0 Å². The summed E-state index contributed by atoms with van der Waals surface area (Å²) in [5.74, 6) is 0. The Morgan fingerprint density at radius 3 is 1.05 bits per heavy atom. The second-order valence-electron chi connectivity index (χ2n) is 9.45. The first-order valence-electron chi connectivity index (χ1n) is 13.0. The SMILES string of the molecule is c1ccc(N(c2cccc3ccccc23)N(c2cccc3ccccc23)c2cccc3ccccc23)cc1. The second kappa shape index (κ2) is 9.42. The van der Waals surface area contributed by atoms with E-state index in [1.165, 1.54) is 32.3 Å². The number of anilines is 4. The number of hydrazine groups is 1. The molecule has 7 rings (SSSR count). The number of hydrogen-bond acceptors (Lipinski definition) is 2. The van der Waals surface area contributed by atoms with Crippen LogP contribution in [0, 0.1) is 0 Å². The fraction of sp³-hybridized carbons (Fsp3) is 0. The van der Waals surface area contributed by atoms with Crippen molar-refractivity contribution in [3.8, 4) is 0 Å². The highest BCUT2D eigenvalue weighted by molar-refractivity contribution is 6.05. The minimum absolute atomic E-state index is 1.09. The molecule has 0 N–H and O–H groups in total. The molecule has 7 aromatic rings. The standard InChI is InChI=1S/C36H26N2/c1-2-19-30(20-3-1)37(34-24-10-16-27-13-4-7-21-31(27)34)38(35-25-11-17-28-14-5-8-22-32(28)35)36-26-12-18-29-15-6-9-23-33(29)36/h1-26H. The van der Waals surface area contributed by atoms with E-state index in [2.05, 4.69) is 168 Å². The summed E-state index contributed by atoms with van der Waals surface area (Å²) in [6.45, 7) is 0. The Morgan fingerprint density at radius 1 is 0.263 bits per heavy atom. The first-order valence-corrected chi connectivity index (χ1v) is 13.0. The maximum atomic E-state index is 2.39. The zero-order valence-corrected chi connectivity index (χ0v) is 20.9. The molecule has 0 saturated heterocycles. The van der Waals surface area contributed by atoms with Gasteiger partial charge in [0.1, 0.15) is 0 Å². The van der Waals surface area contributed by atoms with Crippen LogP contribution in [0.15, 0.2) is 158 Å². The monoisotopic (exact) mass is 486 g/mol. The van der Waals surface area contributed by atoms with Crippen molar-refractivity contribution in [2.24, 2.45) is 0 Å². The molecule has 0 atom stereocenters. The third-order valence-corrected chi connectivity index (χ3v) is 7.19. The van der Waals surface area contributed by atoms with Crippen molar-refractivity contribution in [2.75, 3.05) is 10.0 Å². The molecule has 0 heterocycles. The number of hydrogen-bond donors (Lipinski definition) is 0. The van der Waals surface area contributed by atoms with E-state index >= 15 is 0 Å². The molecule has 0 aliphatic carbocycles. The van der Waals surface area contributed by atoms with Crippen LogP contribution in [0.2, 0.25) is 0 Å². The molecule has 2 nitrogen and oxygen atoms in total. The highest BCUT2D eigenvalue weighted by atomic mass is 15.6. The van der Waals surface area contributed by atoms with Crippen LogP contribution in [0.1, 0.15) is 0 Å². The van der Waals surface area contributed by atoms with E-state index in [9.17, 15) is 0 Å². The molecular weight excluding hydrogens is 460 g/mol. The second-order valence-corrected chi connectivity index (χ2v) is 9.45. The fourth-order valence-electron chi connectivity index (χ4n) is 5.46. The Bertz CT molecular complexity index is 1800. The van der Waals surface area contributed by atoms with Crippen LogP contribution in [0.25, 0.3) is 32.3 Å². The van der Waals surface area contributed by atoms with Gasteiger partial charge in [-0.1, -0.05) is 127 Å². The topological polar surface area (TPSA) is 6.48 Å². The molecule has 0 saturated carbocycles. The fourth-order valence-corrected chi connectivity index (χ4v) is 5.46. The van der Waals surface area contributed by atoms with Crippen LogP contribution >= 0.6 is 0 Å². The largest absolute Gasteiger partial charge is 0.248 e. The van der Waals surface area contributed by atoms with Crippen LogP contribution in [0.4, 0.5) is 22.7 Å². The van der Waals surface area contributed by atoms with Gasteiger partial charge in [-0.25, -0.2) is 10.0 Å². The lowest BCUT2D eigenvalue weighted by Gasteiger charge is -2.40. The van der Waals surface area contributed by atoms with Crippen molar-refractivity contribution in [1.29, 1.82) is 0 Å². The Morgan fingerprint density at radius 2 is 0.605 bits per heavy atom. The van der Waals surface area contributed by atoms with Crippen LogP contribution < -0.4 is 10.0 Å². The van der Waals surface area contributed by atoms with Crippen LogP contribution in [-0.4, -0.2) is 0 Å². The molecule has 0 aromatic heterocycles. The summed E-state index contributed by atoms with van der Waals surface area (Å²) in [4.78, 5) is 0. The summed E-state index contributed by atoms with van der Waals surface area (Å²) in [6, 6.07) is 56.2. The lowest BCUT2D eigenvalue weighted by molar-refractivity contribution is 1.01. The number of para-hydroxylation sites is 1. The molecule has 0 amide bonds. The summed E-state index contributed by atoms with van der Waals surface area (Å²) in [5, 5.41) is 12.0. The van der Waals surface area contributed by atoms with E-state index in [-0.39, 0.29) is 0 Å². The summed E-state index contributed by atoms with van der Waals surface area (Å²) in [7, 11) is 0. The van der Waals surface area contributed by atoms with E-state index in [4.69, 9.17) is 0 Å². The predicted molar refractivity (Wildman–Crippen MR) is 163 cm³/mol.